The molecule has 10 rings (SSSR count). The first-order valence-electron chi connectivity index (χ1n) is 21.8. The van der Waals surface area contributed by atoms with Crippen molar-refractivity contribution in [2.24, 2.45) is 16.3 Å². The number of hydrogen-bond donors (Lipinski definition) is 1. The number of pyridine rings is 1. The molecule has 16 heteroatoms. The number of fused-ring (bicyclic) bond motifs is 3. The number of aromatic nitrogens is 7. The molecule has 1 spiro atoms. The maximum atomic E-state index is 13.2. The first-order valence-corrected chi connectivity index (χ1v) is 23.0. The smallest absolute Gasteiger partial charge is 0.272 e. The predicted molar refractivity (Wildman–Crippen MR) is 242 cm³/mol. The second kappa shape index (κ2) is 17.3. The molecule has 5 aromatic heterocycles. The number of anilines is 1. The summed E-state index contributed by atoms with van der Waals surface area (Å²) < 4.78 is 13.9. The van der Waals surface area contributed by atoms with Crippen LogP contribution in [0, 0.1) is 55.3 Å². The molecular weight excluding hydrogens is 846 g/mol. The van der Waals surface area contributed by atoms with Crippen molar-refractivity contribution in [3.63, 3.8) is 0 Å². The molecule has 14 nitrogen and oxygen atoms in total. The number of aryl methyl sites for hydroxylation is 2. The summed E-state index contributed by atoms with van der Waals surface area (Å²) in [6.07, 6.45) is 13.1. The standard InChI is InChI=1S/C48H46ClN11O3S/c1-28-29(2)64-47-43(28)44(54-40(22-42-51-18-20-62-42)45-58-55-30(3)60(45)47)33-6-9-34(52-26-33)8-5-31-23-48(24-31)17-4-19-59(27-48)41-16-15-39(56-57-41)46(61)53-35-10-13-36(14-11-35)63-37-12-7-32(25-50)38(49)21-37/h6-7,9,12,15-16,18,20-21,26,31,35-36,40H,4,10-11,13-14,17,19,22-24,27H2,1-3H3,(H,53,61)/t31?,35-,36-,40-,48?/m0/s1. The van der Waals surface area contributed by atoms with Crippen LogP contribution in [0.2, 0.25) is 5.02 Å². The highest BCUT2D eigenvalue weighted by molar-refractivity contribution is 7.15. The molecule has 324 valence electrons. The summed E-state index contributed by atoms with van der Waals surface area (Å²) in [5.41, 5.74) is 5.70. The van der Waals surface area contributed by atoms with Crippen LogP contribution in [0.1, 0.15) is 118 Å². The summed E-state index contributed by atoms with van der Waals surface area (Å²) >= 11 is 7.90. The lowest BCUT2D eigenvalue weighted by Gasteiger charge is -2.51. The van der Waals surface area contributed by atoms with Gasteiger partial charge in [-0.05, 0) is 125 Å². The van der Waals surface area contributed by atoms with Crippen molar-refractivity contribution in [2.45, 2.75) is 96.7 Å². The van der Waals surface area contributed by atoms with E-state index in [0.717, 1.165) is 109 Å². The van der Waals surface area contributed by atoms with Gasteiger partial charge in [-0.1, -0.05) is 17.5 Å². The lowest BCUT2D eigenvalue weighted by atomic mass is 9.58. The van der Waals surface area contributed by atoms with Crippen molar-refractivity contribution in [2.75, 3.05) is 18.0 Å². The van der Waals surface area contributed by atoms with Gasteiger partial charge in [0.15, 0.2) is 23.2 Å². The molecular formula is C48H46ClN11O3S. The molecule has 4 aliphatic rings. The van der Waals surface area contributed by atoms with Crippen LogP contribution in [0.4, 0.5) is 5.82 Å². The summed E-state index contributed by atoms with van der Waals surface area (Å²) in [7, 11) is 0. The Labute approximate surface area is 380 Å². The van der Waals surface area contributed by atoms with Crippen LogP contribution < -0.4 is 15.0 Å². The van der Waals surface area contributed by atoms with E-state index in [1.54, 1.807) is 48.1 Å². The Kier molecular flexibility index (Phi) is 11.2. The van der Waals surface area contributed by atoms with E-state index in [-0.39, 0.29) is 29.5 Å². The van der Waals surface area contributed by atoms with Gasteiger partial charge in [0.2, 0.25) is 0 Å². The van der Waals surface area contributed by atoms with Crippen molar-refractivity contribution in [3.05, 3.63) is 122 Å². The van der Waals surface area contributed by atoms with Crippen molar-refractivity contribution < 1.29 is 13.9 Å². The average Bonchev–Trinajstić information content (AvgIpc) is 4.01. The van der Waals surface area contributed by atoms with Crippen LogP contribution >= 0.6 is 22.9 Å². The molecule has 1 atom stereocenters. The Morgan fingerprint density at radius 2 is 1.91 bits per heavy atom. The molecule has 1 aromatic carbocycles. The molecule has 0 radical (unpaired) electrons. The summed E-state index contributed by atoms with van der Waals surface area (Å²) in [6, 6.07) is 14.7. The van der Waals surface area contributed by atoms with E-state index < -0.39 is 0 Å². The van der Waals surface area contributed by atoms with E-state index in [1.165, 1.54) is 10.4 Å². The molecule has 7 heterocycles. The predicted octanol–water partition coefficient (Wildman–Crippen LogP) is 8.26. The fourth-order valence-corrected chi connectivity index (χ4v) is 11.1. The minimum absolute atomic E-state index is 0.0253. The van der Waals surface area contributed by atoms with Gasteiger partial charge in [-0.25, -0.2) is 9.97 Å². The van der Waals surface area contributed by atoms with Gasteiger partial charge in [0.05, 0.1) is 35.0 Å². The van der Waals surface area contributed by atoms with Crippen LogP contribution in [-0.2, 0) is 6.42 Å². The number of carbonyl (C=O) groups is 1. The van der Waals surface area contributed by atoms with Gasteiger partial charge in [-0.3, -0.25) is 14.4 Å². The zero-order valence-corrected chi connectivity index (χ0v) is 37.4. The van der Waals surface area contributed by atoms with Crippen molar-refractivity contribution in [3.8, 4) is 28.7 Å². The third-order valence-corrected chi connectivity index (χ3v) is 14.6. The summed E-state index contributed by atoms with van der Waals surface area (Å²) in [5, 5.41) is 31.6. The molecule has 1 amide bonds. The van der Waals surface area contributed by atoms with Gasteiger partial charge in [-0.2, -0.15) is 5.26 Å². The number of benzene rings is 1. The maximum absolute atomic E-state index is 13.2. The first-order chi connectivity index (χ1) is 31.1. The Hall–Kier alpha value is -6.42. The van der Waals surface area contributed by atoms with E-state index >= 15 is 0 Å². The maximum Gasteiger partial charge on any atom is 0.272 e. The number of nitriles is 1. The monoisotopic (exact) mass is 891 g/mol. The van der Waals surface area contributed by atoms with Gasteiger partial charge in [0.25, 0.3) is 5.91 Å². The van der Waals surface area contributed by atoms with E-state index in [0.29, 0.717) is 40.3 Å². The normalized spacial score (nSPS) is 22.5. The van der Waals surface area contributed by atoms with Crippen molar-refractivity contribution in [1.29, 1.82) is 5.26 Å². The van der Waals surface area contributed by atoms with Gasteiger partial charge < -0.3 is 19.4 Å². The summed E-state index contributed by atoms with van der Waals surface area (Å²) in [6.45, 7) is 8.07. The molecule has 0 unspecified atom stereocenters. The molecule has 64 heavy (non-hydrogen) atoms. The van der Waals surface area contributed by atoms with Gasteiger partial charge in [-0.15, -0.1) is 31.7 Å². The van der Waals surface area contributed by atoms with Crippen LogP contribution in [0.15, 0.2) is 70.5 Å². The van der Waals surface area contributed by atoms with Crippen LogP contribution in [0.3, 0.4) is 0 Å². The van der Waals surface area contributed by atoms with Gasteiger partial charge >= 0.3 is 0 Å². The zero-order valence-electron chi connectivity index (χ0n) is 35.8. The highest BCUT2D eigenvalue weighted by Crippen LogP contribution is 2.51. The van der Waals surface area contributed by atoms with Crippen LogP contribution in [-0.4, -0.2) is 71.8 Å². The van der Waals surface area contributed by atoms with Crippen LogP contribution in [0.25, 0.3) is 5.00 Å². The van der Waals surface area contributed by atoms with E-state index in [1.807, 2.05) is 25.3 Å². The fourth-order valence-electron chi connectivity index (χ4n) is 9.70. The number of nitrogens with zero attached hydrogens (tertiary/aromatic N) is 10. The van der Waals surface area contributed by atoms with Crippen LogP contribution in [0.5, 0.6) is 5.75 Å². The minimum atomic E-state index is -0.346. The minimum Gasteiger partial charge on any atom is -0.490 e. The molecule has 1 saturated heterocycles. The number of nitrogens with one attached hydrogen (secondary N) is 1. The number of hydrogen-bond acceptors (Lipinski definition) is 13. The SMILES string of the molecule is Cc1sc2c(c1C)C(c1ccc(C#CC3CC4(CCCN(c5ccc(C(=O)N[C@H]6CC[C@H](Oc7ccc(C#N)c(Cl)c7)CC6)nn5)C4)C3)nc1)=N[C@@H](Cc1ncco1)c1nnc(C)n1-2. The third-order valence-electron chi connectivity index (χ3n) is 13.1. The van der Waals surface area contributed by atoms with Crippen molar-refractivity contribution in [1.82, 2.24) is 40.2 Å². The summed E-state index contributed by atoms with van der Waals surface area (Å²) in [5.74, 6) is 10.6. The Morgan fingerprint density at radius 1 is 1.05 bits per heavy atom. The van der Waals surface area contributed by atoms with Crippen molar-refractivity contribution >= 4 is 40.4 Å². The van der Waals surface area contributed by atoms with E-state index in [4.69, 9.17) is 36.0 Å². The largest absolute Gasteiger partial charge is 0.490 e. The number of aliphatic imine (C=N–C) groups is 1. The zero-order chi connectivity index (χ0) is 44.0. The molecule has 3 fully saturated rings. The summed E-state index contributed by atoms with van der Waals surface area (Å²) in [4.78, 5) is 31.2. The molecule has 0 bridgehead atoms. The lowest BCUT2D eigenvalue weighted by molar-refractivity contribution is 0.0684. The second-order valence-electron chi connectivity index (χ2n) is 17.5. The highest BCUT2D eigenvalue weighted by Gasteiger charge is 2.46. The van der Waals surface area contributed by atoms with E-state index in [2.05, 4.69) is 78.0 Å². The number of rotatable bonds is 8. The van der Waals surface area contributed by atoms with E-state index in [9.17, 15) is 4.79 Å². The lowest BCUT2D eigenvalue weighted by Crippen LogP contribution is -2.50. The first kappa shape index (κ1) is 41.6. The highest BCUT2D eigenvalue weighted by atomic mass is 35.5. The molecule has 1 N–H and O–H groups in total. The fraction of sp³-hybridized carbons (Fsp3) is 0.396. The topological polar surface area (TPSA) is 173 Å². The third kappa shape index (κ3) is 8.26. The second-order valence-corrected chi connectivity index (χ2v) is 19.1. The number of piperidine rings is 1. The Balaban J connectivity index is 0.743. The molecule has 2 aliphatic carbocycles. The number of oxazole rings is 1. The Bertz CT molecular complexity index is 2840. The van der Waals surface area contributed by atoms with Gasteiger partial charge in [0, 0.05) is 53.3 Å². The molecule has 6 aromatic rings. The van der Waals surface area contributed by atoms with Gasteiger partial charge in [0.1, 0.15) is 40.6 Å². The molecule has 2 saturated carbocycles. The number of ether oxygens (including phenoxy) is 1. The average molecular weight is 892 g/mol. The number of carbonyl (C=O) groups excluding carboxylic acids is 1. The number of thiophene rings is 1. The number of halogens is 1. The molecule has 2 aliphatic heterocycles. The Morgan fingerprint density at radius 3 is 2.64 bits per heavy atom. The number of amides is 1. The quantitative estimate of drug-likeness (QED) is 0.146.